The van der Waals surface area contributed by atoms with Gasteiger partial charge in [0.25, 0.3) is 11.8 Å². The molecule has 4 atom stereocenters. The van der Waals surface area contributed by atoms with Crippen LogP contribution in [0.25, 0.3) is 16.5 Å². The number of pyridine rings is 1. The van der Waals surface area contributed by atoms with Gasteiger partial charge in [-0.05, 0) is 97.5 Å². The van der Waals surface area contributed by atoms with Crippen LogP contribution in [0.3, 0.4) is 0 Å². The molecule has 4 aromatic rings. The van der Waals surface area contributed by atoms with E-state index in [1.54, 1.807) is 59.0 Å². The zero-order chi connectivity index (χ0) is 49.2. The van der Waals surface area contributed by atoms with E-state index in [1.807, 2.05) is 81.4 Å². The molecule has 0 spiro atoms. The summed E-state index contributed by atoms with van der Waals surface area (Å²) < 4.78 is 0. The molecule has 0 radical (unpaired) electrons. The molecular weight excluding hydrogens is 893 g/mol. The number of nitrogens with zero attached hydrogens (tertiary/aromatic N) is 5. The number of aryl methyl sites for hydroxylation is 1. The number of hydrogen-bond acceptors (Lipinski definition) is 10. The van der Waals surface area contributed by atoms with Crippen molar-refractivity contribution in [2.24, 2.45) is 17.3 Å². The number of aliphatic hydroxyl groups is 1. The summed E-state index contributed by atoms with van der Waals surface area (Å²) in [5.41, 5.74) is 5.88. The number of thiazole rings is 1. The van der Waals surface area contributed by atoms with Crippen LogP contribution in [0.1, 0.15) is 116 Å². The van der Waals surface area contributed by atoms with Crippen molar-refractivity contribution in [2.45, 2.75) is 104 Å². The molecule has 69 heavy (non-hydrogen) atoms. The highest BCUT2D eigenvalue weighted by atomic mass is 32.1. The molecule has 0 unspecified atom stereocenters. The third-order valence-corrected chi connectivity index (χ3v) is 14.5. The van der Waals surface area contributed by atoms with E-state index in [1.165, 1.54) is 11.0 Å². The van der Waals surface area contributed by atoms with E-state index in [-0.39, 0.29) is 60.9 Å². The maximum absolute atomic E-state index is 14.2. The van der Waals surface area contributed by atoms with Crippen LogP contribution >= 0.6 is 11.3 Å². The Labute approximate surface area is 409 Å². The zero-order valence-electron chi connectivity index (χ0n) is 40.4. The van der Waals surface area contributed by atoms with Crippen molar-refractivity contribution in [3.63, 3.8) is 0 Å². The Hall–Kier alpha value is -6.26. The number of amides is 6. The predicted octanol–water partition coefficient (Wildman–Crippen LogP) is 6.20. The van der Waals surface area contributed by atoms with Crippen LogP contribution in [-0.4, -0.2) is 123 Å². The molecule has 0 aliphatic carbocycles. The minimum Gasteiger partial charge on any atom is -0.391 e. The minimum absolute atomic E-state index is 0.0244. The lowest BCUT2D eigenvalue weighted by atomic mass is 9.85. The third-order valence-electron chi connectivity index (χ3n) is 13.5. The summed E-state index contributed by atoms with van der Waals surface area (Å²) in [6.45, 7) is 12.1. The van der Waals surface area contributed by atoms with Crippen molar-refractivity contribution in [3.05, 3.63) is 113 Å². The van der Waals surface area contributed by atoms with Crippen molar-refractivity contribution < 1.29 is 33.9 Å². The smallest absolute Gasteiger partial charge is 0.253 e. The van der Waals surface area contributed by atoms with E-state index in [0.29, 0.717) is 49.8 Å². The summed E-state index contributed by atoms with van der Waals surface area (Å²) >= 11 is 1.57. The standard InChI is InChI=1S/C53H66N8O7S/c1-34(39-12-14-40(15-13-39)47-35(2)56-33-69-47)57-49(65)44-28-43(62)32-61(44)52(68)48(53(3,4)5)58-46(64)27-38-30-60(31-38)51(67)42-18-16-41(17-19-42)50(66)59-25-21-36(22-26-59)9-6-7-24-55-45(63)20-11-37-10-8-23-54-29-37/h8,10-20,23,29,33-34,36,38,43-44,48,62H,6-7,9,21-22,24-28,30-32H2,1-5H3,(H,55,63)(H,57,65)(H,58,64)/b20-11+/t34-,43+,44-,48+/m0/s1. The molecule has 0 bridgehead atoms. The monoisotopic (exact) mass is 958 g/mol. The summed E-state index contributed by atoms with van der Waals surface area (Å²) in [6, 6.07) is 16.2. The molecule has 0 saturated carbocycles. The number of aliphatic hydroxyl groups excluding tert-OH is 1. The number of benzene rings is 2. The molecule has 15 nitrogen and oxygen atoms in total. The Bertz CT molecular complexity index is 2460. The van der Waals surface area contributed by atoms with Crippen molar-refractivity contribution in [3.8, 4) is 10.4 Å². The fourth-order valence-corrected chi connectivity index (χ4v) is 10.2. The van der Waals surface area contributed by atoms with Gasteiger partial charge in [0, 0.05) is 87.6 Å². The van der Waals surface area contributed by atoms with Crippen molar-refractivity contribution >= 4 is 52.9 Å². The van der Waals surface area contributed by atoms with Gasteiger partial charge in [-0.15, -0.1) is 11.3 Å². The lowest BCUT2D eigenvalue weighted by molar-refractivity contribution is -0.144. The first-order valence-corrected chi connectivity index (χ1v) is 25.0. The Morgan fingerprint density at radius 3 is 2.17 bits per heavy atom. The summed E-state index contributed by atoms with van der Waals surface area (Å²) in [7, 11) is 0. The van der Waals surface area contributed by atoms with Gasteiger partial charge in [0.2, 0.25) is 23.6 Å². The molecule has 5 heterocycles. The molecule has 7 rings (SSSR count). The zero-order valence-corrected chi connectivity index (χ0v) is 41.2. The SMILES string of the molecule is Cc1ncsc1-c1ccc([C@H](C)NC(=O)[C@@H]2C[C@@H](O)CN2C(=O)[C@@H](NC(=O)CC2CN(C(=O)c3ccc(C(=O)N4CCC(CCCCNC(=O)/C=C/c5cccnc5)CC4)cc3)C2)C(C)(C)C)cc1. The molecule has 3 saturated heterocycles. The second-order valence-corrected chi connectivity index (χ2v) is 20.7. The minimum atomic E-state index is -0.958. The third kappa shape index (κ3) is 13.3. The van der Waals surface area contributed by atoms with Gasteiger partial charge < -0.3 is 35.8 Å². The summed E-state index contributed by atoms with van der Waals surface area (Å²) in [6.07, 6.45) is 10.8. The maximum atomic E-state index is 14.2. The lowest BCUT2D eigenvalue weighted by Gasteiger charge is -2.40. The maximum Gasteiger partial charge on any atom is 0.253 e. The van der Waals surface area contributed by atoms with Gasteiger partial charge in [-0.3, -0.25) is 33.8 Å². The number of β-amino-alcohol motifs (C(OH)–C–C–N with tert-alkyl or cyclic N) is 1. The van der Waals surface area contributed by atoms with E-state index in [2.05, 4.69) is 25.9 Å². The van der Waals surface area contributed by atoms with Crippen molar-refractivity contribution in [1.82, 2.24) is 40.6 Å². The second-order valence-electron chi connectivity index (χ2n) is 19.9. The normalized spacial score (nSPS) is 18.7. The van der Waals surface area contributed by atoms with Gasteiger partial charge in [-0.2, -0.15) is 0 Å². The van der Waals surface area contributed by atoms with Crippen LogP contribution in [0.2, 0.25) is 0 Å². The number of likely N-dealkylation sites (tertiary alicyclic amines) is 3. The number of carbonyl (C=O) groups is 6. The Kier molecular flexibility index (Phi) is 16.8. The van der Waals surface area contributed by atoms with E-state index in [4.69, 9.17) is 0 Å². The number of rotatable bonds is 17. The molecule has 2 aromatic heterocycles. The highest BCUT2D eigenvalue weighted by molar-refractivity contribution is 7.13. The van der Waals surface area contributed by atoms with Crippen molar-refractivity contribution in [2.75, 3.05) is 39.3 Å². The topological polar surface area (TPSA) is 194 Å². The molecule has 6 amide bonds. The average molecular weight is 959 g/mol. The van der Waals surface area contributed by atoms with Gasteiger partial charge in [0.1, 0.15) is 12.1 Å². The van der Waals surface area contributed by atoms with Gasteiger partial charge >= 0.3 is 0 Å². The molecule has 2 aromatic carbocycles. The average Bonchev–Trinajstić information content (AvgIpc) is 3.95. The van der Waals surface area contributed by atoms with E-state index in [9.17, 15) is 33.9 Å². The molecular formula is C53H66N8O7S. The fraction of sp³-hybridized carbons (Fsp3) is 0.472. The first kappa shape index (κ1) is 50.6. The van der Waals surface area contributed by atoms with Gasteiger partial charge in [-0.25, -0.2) is 4.98 Å². The van der Waals surface area contributed by atoms with E-state index < -0.39 is 29.5 Å². The molecule has 3 aliphatic rings. The molecule has 4 N–H and O–H groups in total. The predicted molar refractivity (Wildman–Crippen MR) is 266 cm³/mol. The van der Waals surface area contributed by atoms with Gasteiger partial charge in [-0.1, -0.05) is 63.9 Å². The second kappa shape index (κ2) is 22.9. The fourth-order valence-electron chi connectivity index (χ4n) is 9.38. The summed E-state index contributed by atoms with van der Waals surface area (Å²) in [5, 5.41) is 19.6. The molecule has 3 aliphatic heterocycles. The van der Waals surface area contributed by atoms with Crippen LogP contribution in [-0.2, 0) is 19.2 Å². The quantitative estimate of drug-likeness (QED) is 0.0705. The van der Waals surface area contributed by atoms with Crippen LogP contribution < -0.4 is 16.0 Å². The highest BCUT2D eigenvalue weighted by Crippen LogP contribution is 2.31. The highest BCUT2D eigenvalue weighted by Gasteiger charge is 2.45. The number of nitrogens with one attached hydrogen (secondary N) is 3. The lowest BCUT2D eigenvalue weighted by Crippen LogP contribution is -2.58. The molecule has 366 valence electrons. The van der Waals surface area contributed by atoms with Crippen LogP contribution in [0.15, 0.2) is 84.6 Å². The van der Waals surface area contributed by atoms with Gasteiger partial charge in [0.05, 0.1) is 28.2 Å². The first-order valence-electron chi connectivity index (χ1n) is 24.2. The van der Waals surface area contributed by atoms with E-state index >= 15 is 0 Å². The Balaban J connectivity index is 0.816. The summed E-state index contributed by atoms with van der Waals surface area (Å²) in [4.78, 5) is 94.7. The largest absolute Gasteiger partial charge is 0.391 e. The Morgan fingerprint density at radius 1 is 0.870 bits per heavy atom. The van der Waals surface area contributed by atoms with E-state index in [0.717, 1.165) is 59.4 Å². The van der Waals surface area contributed by atoms with Crippen LogP contribution in [0.5, 0.6) is 0 Å². The number of piperidine rings is 1. The molecule has 3 fully saturated rings. The van der Waals surface area contributed by atoms with Gasteiger partial charge in [0.15, 0.2) is 0 Å². The number of unbranched alkanes of at least 4 members (excludes halogenated alkanes) is 1. The van der Waals surface area contributed by atoms with Crippen LogP contribution in [0.4, 0.5) is 0 Å². The number of aromatic nitrogens is 2. The molecule has 16 heteroatoms. The summed E-state index contributed by atoms with van der Waals surface area (Å²) in [5.74, 6) is -1.05. The number of hydrogen-bond donors (Lipinski definition) is 4. The Morgan fingerprint density at radius 2 is 1.55 bits per heavy atom. The number of carbonyl (C=O) groups excluding carboxylic acids is 6. The van der Waals surface area contributed by atoms with Crippen LogP contribution in [0, 0.1) is 24.2 Å². The van der Waals surface area contributed by atoms with Crippen molar-refractivity contribution in [1.29, 1.82) is 0 Å². The first-order chi connectivity index (χ1) is 33.0.